The highest BCUT2D eigenvalue weighted by molar-refractivity contribution is 5.54. The van der Waals surface area contributed by atoms with Gasteiger partial charge in [-0.15, -0.1) is 0 Å². The summed E-state index contributed by atoms with van der Waals surface area (Å²) >= 11 is 0. The molecule has 1 heterocycles. The molecule has 0 saturated carbocycles. The zero-order valence-corrected chi connectivity index (χ0v) is 7.00. The first kappa shape index (κ1) is 8.05. The SMILES string of the molecule is CCc1ccc(CC=O)n1C. The molecule has 0 aliphatic rings. The Hall–Kier alpha value is -1.05. The average molecular weight is 151 g/mol. The van der Waals surface area contributed by atoms with Gasteiger partial charge < -0.3 is 9.36 Å². The van der Waals surface area contributed by atoms with Gasteiger partial charge in [0.1, 0.15) is 6.29 Å². The van der Waals surface area contributed by atoms with Gasteiger partial charge in [-0.25, -0.2) is 0 Å². The molecule has 0 amide bonds. The standard InChI is InChI=1S/C9H13NO/c1-3-8-4-5-9(6-7-11)10(8)2/h4-5,7H,3,6H2,1-2H3. The number of carbonyl (C=O) groups is 1. The second-order valence-electron chi connectivity index (χ2n) is 2.60. The van der Waals surface area contributed by atoms with Crippen LogP contribution in [-0.4, -0.2) is 10.9 Å². The molecule has 2 heteroatoms. The fourth-order valence-corrected chi connectivity index (χ4v) is 1.25. The maximum absolute atomic E-state index is 10.2. The lowest BCUT2D eigenvalue weighted by atomic mass is 10.3. The van der Waals surface area contributed by atoms with Gasteiger partial charge in [-0.05, 0) is 18.6 Å². The quantitative estimate of drug-likeness (QED) is 0.597. The molecule has 0 aliphatic carbocycles. The molecule has 0 aliphatic heterocycles. The number of hydrogen-bond donors (Lipinski definition) is 0. The van der Waals surface area contributed by atoms with E-state index in [-0.39, 0.29) is 0 Å². The van der Waals surface area contributed by atoms with Gasteiger partial charge in [0.05, 0.1) is 0 Å². The van der Waals surface area contributed by atoms with Crippen LogP contribution in [0.1, 0.15) is 18.3 Å². The zero-order chi connectivity index (χ0) is 8.27. The van der Waals surface area contributed by atoms with Crippen molar-refractivity contribution in [2.45, 2.75) is 19.8 Å². The summed E-state index contributed by atoms with van der Waals surface area (Å²) in [7, 11) is 2.00. The second-order valence-corrected chi connectivity index (χ2v) is 2.60. The minimum atomic E-state index is 0.524. The first-order valence-electron chi connectivity index (χ1n) is 3.86. The number of hydrogen-bond acceptors (Lipinski definition) is 1. The first-order valence-corrected chi connectivity index (χ1v) is 3.86. The molecular weight excluding hydrogens is 138 g/mol. The maximum Gasteiger partial charge on any atom is 0.125 e. The van der Waals surface area contributed by atoms with Crippen LogP contribution >= 0.6 is 0 Å². The van der Waals surface area contributed by atoms with Crippen LogP contribution in [0.4, 0.5) is 0 Å². The number of rotatable bonds is 3. The fraction of sp³-hybridized carbons (Fsp3) is 0.444. The molecule has 0 spiro atoms. The van der Waals surface area contributed by atoms with Crippen LogP contribution < -0.4 is 0 Å². The molecule has 0 saturated heterocycles. The molecule has 0 aromatic carbocycles. The molecule has 11 heavy (non-hydrogen) atoms. The van der Waals surface area contributed by atoms with Crippen molar-refractivity contribution in [1.29, 1.82) is 0 Å². The lowest BCUT2D eigenvalue weighted by molar-refractivity contribution is -0.107. The van der Waals surface area contributed by atoms with Gasteiger partial charge >= 0.3 is 0 Å². The van der Waals surface area contributed by atoms with E-state index in [1.54, 1.807) is 0 Å². The Morgan fingerprint density at radius 2 is 2.09 bits per heavy atom. The molecule has 2 nitrogen and oxygen atoms in total. The summed E-state index contributed by atoms with van der Waals surface area (Å²) in [4.78, 5) is 10.2. The van der Waals surface area contributed by atoms with E-state index in [0.29, 0.717) is 6.42 Å². The third-order valence-electron chi connectivity index (χ3n) is 1.98. The van der Waals surface area contributed by atoms with Gasteiger partial charge in [0.25, 0.3) is 0 Å². The summed E-state index contributed by atoms with van der Waals surface area (Å²) in [5, 5.41) is 0. The molecule has 0 bridgehead atoms. The fourth-order valence-electron chi connectivity index (χ4n) is 1.25. The number of aromatic nitrogens is 1. The third-order valence-corrected chi connectivity index (χ3v) is 1.98. The molecule has 60 valence electrons. The van der Waals surface area contributed by atoms with Gasteiger partial charge in [0, 0.05) is 24.9 Å². The number of nitrogens with zero attached hydrogens (tertiary/aromatic N) is 1. The number of carbonyl (C=O) groups excluding carboxylic acids is 1. The Kier molecular flexibility index (Phi) is 2.47. The van der Waals surface area contributed by atoms with Crippen LogP contribution in [0.3, 0.4) is 0 Å². The predicted octanol–water partition coefficient (Wildman–Crippen LogP) is 1.33. The minimum absolute atomic E-state index is 0.524. The van der Waals surface area contributed by atoms with Crippen molar-refractivity contribution in [3.63, 3.8) is 0 Å². The number of aryl methyl sites for hydroxylation is 1. The van der Waals surface area contributed by atoms with Crippen molar-refractivity contribution in [2.75, 3.05) is 0 Å². The van der Waals surface area contributed by atoms with Crippen LogP contribution in [-0.2, 0) is 24.7 Å². The van der Waals surface area contributed by atoms with E-state index < -0.39 is 0 Å². The van der Waals surface area contributed by atoms with Gasteiger partial charge in [-0.1, -0.05) is 6.92 Å². The summed E-state index contributed by atoms with van der Waals surface area (Å²) in [5.41, 5.74) is 2.37. The highest BCUT2D eigenvalue weighted by Crippen LogP contribution is 2.07. The van der Waals surface area contributed by atoms with Crippen LogP contribution in [0.15, 0.2) is 12.1 Å². The Morgan fingerprint density at radius 3 is 2.55 bits per heavy atom. The molecular formula is C9H13NO. The summed E-state index contributed by atoms with van der Waals surface area (Å²) in [6.07, 6.45) is 2.49. The smallest absolute Gasteiger partial charge is 0.125 e. The molecule has 0 radical (unpaired) electrons. The van der Waals surface area contributed by atoms with Crippen molar-refractivity contribution < 1.29 is 4.79 Å². The Labute approximate surface area is 66.8 Å². The molecule has 0 unspecified atom stereocenters. The van der Waals surface area contributed by atoms with Crippen LogP contribution in [0, 0.1) is 0 Å². The molecule has 0 N–H and O–H groups in total. The average Bonchev–Trinajstić information content (AvgIpc) is 2.34. The van der Waals surface area contributed by atoms with E-state index in [0.717, 1.165) is 18.4 Å². The van der Waals surface area contributed by atoms with Crippen molar-refractivity contribution in [3.05, 3.63) is 23.5 Å². The normalized spacial score (nSPS) is 10.0. The lowest BCUT2D eigenvalue weighted by Gasteiger charge is -2.02. The van der Waals surface area contributed by atoms with Crippen LogP contribution in [0.5, 0.6) is 0 Å². The van der Waals surface area contributed by atoms with E-state index >= 15 is 0 Å². The van der Waals surface area contributed by atoms with Crippen LogP contribution in [0.25, 0.3) is 0 Å². The zero-order valence-electron chi connectivity index (χ0n) is 7.00. The maximum atomic E-state index is 10.2. The Bertz CT molecular complexity index is 250. The molecule has 0 atom stereocenters. The van der Waals surface area contributed by atoms with Crippen molar-refractivity contribution in [2.24, 2.45) is 7.05 Å². The monoisotopic (exact) mass is 151 g/mol. The van der Waals surface area contributed by atoms with Gasteiger partial charge in [0.2, 0.25) is 0 Å². The molecule has 1 aromatic rings. The summed E-state index contributed by atoms with van der Waals surface area (Å²) in [6, 6.07) is 4.08. The van der Waals surface area contributed by atoms with Crippen molar-refractivity contribution in [3.8, 4) is 0 Å². The van der Waals surface area contributed by atoms with E-state index in [1.807, 2.05) is 13.1 Å². The van der Waals surface area contributed by atoms with E-state index in [1.165, 1.54) is 5.69 Å². The van der Waals surface area contributed by atoms with Crippen LogP contribution in [0.2, 0.25) is 0 Å². The largest absolute Gasteiger partial charge is 0.351 e. The topological polar surface area (TPSA) is 22.0 Å². The van der Waals surface area contributed by atoms with Crippen molar-refractivity contribution >= 4 is 6.29 Å². The van der Waals surface area contributed by atoms with E-state index in [9.17, 15) is 4.79 Å². The molecule has 1 rings (SSSR count). The number of aldehydes is 1. The summed E-state index contributed by atoms with van der Waals surface area (Å²) in [5.74, 6) is 0. The van der Waals surface area contributed by atoms with E-state index in [4.69, 9.17) is 0 Å². The summed E-state index contributed by atoms with van der Waals surface area (Å²) in [6.45, 7) is 2.11. The Morgan fingerprint density at radius 1 is 1.45 bits per heavy atom. The first-order chi connectivity index (χ1) is 5.29. The summed E-state index contributed by atoms with van der Waals surface area (Å²) < 4.78 is 2.08. The minimum Gasteiger partial charge on any atom is -0.351 e. The second kappa shape index (κ2) is 3.37. The molecule has 0 fully saturated rings. The van der Waals surface area contributed by atoms with Gasteiger partial charge in [-0.2, -0.15) is 0 Å². The predicted molar refractivity (Wildman–Crippen MR) is 44.6 cm³/mol. The highest BCUT2D eigenvalue weighted by atomic mass is 16.1. The lowest BCUT2D eigenvalue weighted by Crippen LogP contribution is -2.00. The van der Waals surface area contributed by atoms with E-state index in [2.05, 4.69) is 17.6 Å². The third kappa shape index (κ3) is 1.50. The van der Waals surface area contributed by atoms with Gasteiger partial charge in [-0.3, -0.25) is 0 Å². The van der Waals surface area contributed by atoms with Crippen molar-refractivity contribution in [1.82, 2.24) is 4.57 Å². The molecule has 1 aromatic heterocycles. The Balaban J connectivity index is 2.90. The van der Waals surface area contributed by atoms with Gasteiger partial charge in [0.15, 0.2) is 0 Å². The highest BCUT2D eigenvalue weighted by Gasteiger charge is 2.00.